The van der Waals surface area contributed by atoms with Crippen LogP contribution >= 0.6 is 0 Å². The van der Waals surface area contributed by atoms with E-state index in [2.05, 4.69) is 29.6 Å². The van der Waals surface area contributed by atoms with Crippen LogP contribution in [0.25, 0.3) is 11.1 Å². The Kier molecular flexibility index (Phi) is 3.88. The number of phenols is 1. The van der Waals surface area contributed by atoms with Crippen molar-refractivity contribution in [2.45, 2.75) is 6.54 Å². The Morgan fingerprint density at radius 1 is 0.762 bits per heavy atom. The van der Waals surface area contributed by atoms with Crippen molar-refractivity contribution in [3.05, 3.63) is 84.4 Å². The summed E-state index contributed by atoms with van der Waals surface area (Å²) < 4.78 is 0. The highest BCUT2D eigenvalue weighted by molar-refractivity contribution is 5.77. The lowest BCUT2D eigenvalue weighted by Crippen LogP contribution is -2.00. The molecule has 0 aliphatic heterocycles. The van der Waals surface area contributed by atoms with Gasteiger partial charge >= 0.3 is 0 Å². The molecule has 0 aliphatic carbocycles. The van der Waals surface area contributed by atoms with E-state index in [-0.39, 0.29) is 0 Å². The summed E-state index contributed by atoms with van der Waals surface area (Å²) in [6, 6.07) is 25.9. The maximum absolute atomic E-state index is 9.52. The van der Waals surface area contributed by atoms with Crippen molar-refractivity contribution in [1.82, 2.24) is 0 Å². The van der Waals surface area contributed by atoms with E-state index < -0.39 is 0 Å². The van der Waals surface area contributed by atoms with Gasteiger partial charge in [-0.2, -0.15) is 0 Å². The summed E-state index contributed by atoms with van der Waals surface area (Å²) in [5.74, 6) is 0.297. The molecule has 2 nitrogen and oxygen atoms in total. The van der Waals surface area contributed by atoms with Crippen molar-refractivity contribution < 1.29 is 5.11 Å². The Balaban J connectivity index is 1.83. The summed E-state index contributed by atoms with van der Waals surface area (Å²) in [7, 11) is 0. The van der Waals surface area contributed by atoms with Crippen LogP contribution in [0.15, 0.2) is 78.9 Å². The van der Waals surface area contributed by atoms with E-state index in [9.17, 15) is 5.11 Å². The number of phenolic OH excluding ortho intramolecular Hbond substituents is 1. The highest BCUT2D eigenvalue weighted by atomic mass is 16.3. The zero-order valence-electron chi connectivity index (χ0n) is 11.7. The second-order valence-electron chi connectivity index (χ2n) is 4.94. The van der Waals surface area contributed by atoms with Gasteiger partial charge in [0, 0.05) is 17.8 Å². The van der Waals surface area contributed by atoms with Crippen molar-refractivity contribution >= 4 is 5.69 Å². The number of hydrogen-bond donors (Lipinski definition) is 2. The molecule has 104 valence electrons. The Hall–Kier alpha value is -2.74. The van der Waals surface area contributed by atoms with Crippen LogP contribution in [0.2, 0.25) is 0 Å². The number of aromatic hydroxyl groups is 1. The van der Waals surface area contributed by atoms with Crippen molar-refractivity contribution in [3.8, 4) is 16.9 Å². The maximum Gasteiger partial charge on any atom is 0.115 e. The van der Waals surface area contributed by atoms with Crippen molar-refractivity contribution in [2.75, 3.05) is 5.32 Å². The molecule has 0 radical (unpaired) electrons. The third-order valence-corrected chi connectivity index (χ3v) is 3.41. The minimum atomic E-state index is 0.297. The Bertz CT molecular complexity index is 722. The Morgan fingerprint density at radius 2 is 1.52 bits per heavy atom. The predicted molar refractivity (Wildman–Crippen MR) is 87.3 cm³/mol. The molecule has 0 aliphatic rings. The summed E-state index contributed by atoms with van der Waals surface area (Å²) in [6.45, 7) is 0.679. The first-order valence-electron chi connectivity index (χ1n) is 6.99. The van der Waals surface area contributed by atoms with Crippen molar-refractivity contribution in [3.63, 3.8) is 0 Å². The molecule has 3 aromatic rings. The number of benzene rings is 3. The van der Waals surface area contributed by atoms with E-state index in [0.29, 0.717) is 12.3 Å². The number of hydrogen-bond acceptors (Lipinski definition) is 2. The van der Waals surface area contributed by atoms with Crippen LogP contribution in [0.5, 0.6) is 5.75 Å². The number of anilines is 1. The molecular weight excluding hydrogens is 258 g/mol. The van der Waals surface area contributed by atoms with Crippen molar-refractivity contribution in [2.24, 2.45) is 0 Å². The second-order valence-corrected chi connectivity index (χ2v) is 4.94. The van der Waals surface area contributed by atoms with Gasteiger partial charge in [-0.05, 0) is 29.3 Å². The van der Waals surface area contributed by atoms with E-state index in [0.717, 1.165) is 11.3 Å². The molecule has 0 amide bonds. The zero-order chi connectivity index (χ0) is 14.5. The van der Waals surface area contributed by atoms with E-state index in [4.69, 9.17) is 0 Å². The molecule has 0 spiro atoms. The third kappa shape index (κ3) is 3.23. The van der Waals surface area contributed by atoms with Gasteiger partial charge in [0.2, 0.25) is 0 Å². The molecule has 0 heterocycles. The van der Waals surface area contributed by atoms with E-state index in [1.54, 1.807) is 12.1 Å². The van der Waals surface area contributed by atoms with Crippen LogP contribution < -0.4 is 5.32 Å². The lowest BCUT2D eigenvalue weighted by Gasteiger charge is -2.12. The molecular formula is C19H17NO. The molecule has 0 saturated heterocycles. The smallest absolute Gasteiger partial charge is 0.115 e. The van der Waals surface area contributed by atoms with Crippen LogP contribution in [-0.2, 0) is 6.54 Å². The molecule has 2 N–H and O–H groups in total. The molecule has 2 heteroatoms. The van der Waals surface area contributed by atoms with Crippen LogP contribution in [0.3, 0.4) is 0 Å². The molecule has 0 fully saturated rings. The van der Waals surface area contributed by atoms with Crippen molar-refractivity contribution in [1.29, 1.82) is 0 Å². The van der Waals surface area contributed by atoms with Crippen LogP contribution in [0, 0.1) is 0 Å². The van der Waals surface area contributed by atoms with Gasteiger partial charge in [0.05, 0.1) is 0 Å². The topological polar surface area (TPSA) is 32.3 Å². The van der Waals surface area contributed by atoms with Gasteiger partial charge in [-0.1, -0.05) is 60.7 Å². The van der Waals surface area contributed by atoms with Gasteiger partial charge in [0.1, 0.15) is 5.75 Å². The van der Waals surface area contributed by atoms with Crippen LogP contribution in [0.4, 0.5) is 5.69 Å². The first-order valence-corrected chi connectivity index (χ1v) is 6.99. The van der Waals surface area contributed by atoms with Crippen LogP contribution in [-0.4, -0.2) is 5.11 Å². The highest BCUT2D eigenvalue weighted by Gasteiger charge is 2.04. The van der Waals surface area contributed by atoms with Gasteiger partial charge in [-0.3, -0.25) is 0 Å². The summed E-state index contributed by atoms with van der Waals surface area (Å²) in [6.07, 6.45) is 0. The second kappa shape index (κ2) is 6.14. The van der Waals surface area contributed by atoms with E-state index in [1.165, 1.54) is 11.1 Å². The van der Waals surface area contributed by atoms with Gasteiger partial charge in [0.25, 0.3) is 0 Å². The number of nitrogens with one attached hydrogen (secondary N) is 1. The van der Waals surface area contributed by atoms with E-state index in [1.807, 2.05) is 42.5 Å². The molecule has 0 aromatic heterocycles. The predicted octanol–water partition coefficient (Wildman–Crippen LogP) is 4.67. The molecule has 0 unspecified atom stereocenters. The summed E-state index contributed by atoms with van der Waals surface area (Å²) in [5.41, 5.74) is 4.51. The maximum atomic E-state index is 9.52. The zero-order valence-corrected chi connectivity index (χ0v) is 11.7. The van der Waals surface area contributed by atoms with E-state index >= 15 is 0 Å². The average molecular weight is 275 g/mol. The fraction of sp³-hybridized carbons (Fsp3) is 0.0526. The molecule has 3 rings (SSSR count). The molecule has 21 heavy (non-hydrogen) atoms. The molecule has 0 bridgehead atoms. The minimum absolute atomic E-state index is 0.297. The quantitative estimate of drug-likeness (QED) is 0.725. The Morgan fingerprint density at radius 3 is 2.33 bits per heavy atom. The third-order valence-electron chi connectivity index (χ3n) is 3.41. The van der Waals surface area contributed by atoms with Crippen LogP contribution in [0.1, 0.15) is 5.56 Å². The average Bonchev–Trinajstić information content (AvgIpc) is 2.54. The number of rotatable bonds is 4. The summed E-state index contributed by atoms with van der Waals surface area (Å²) in [5, 5.41) is 13.0. The fourth-order valence-corrected chi connectivity index (χ4v) is 2.37. The summed E-state index contributed by atoms with van der Waals surface area (Å²) >= 11 is 0. The fourth-order valence-electron chi connectivity index (χ4n) is 2.37. The first-order chi connectivity index (χ1) is 10.3. The first kappa shape index (κ1) is 13.3. The highest BCUT2D eigenvalue weighted by Crippen LogP contribution is 2.28. The minimum Gasteiger partial charge on any atom is -0.508 e. The van der Waals surface area contributed by atoms with Gasteiger partial charge in [-0.15, -0.1) is 0 Å². The lowest BCUT2D eigenvalue weighted by molar-refractivity contribution is 0.474. The largest absolute Gasteiger partial charge is 0.508 e. The monoisotopic (exact) mass is 275 g/mol. The summed E-state index contributed by atoms with van der Waals surface area (Å²) in [4.78, 5) is 0. The number of para-hydroxylation sites is 1. The molecule has 0 atom stereocenters. The Labute approximate surface area is 124 Å². The molecule has 3 aromatic carbocycles. The SMILES string of the molecule is Oc1cccc(CNc2ccccc2-c2ccccc2)c1. The lowest BCUT2D eigenvalue weighted by atomic mass is 10.0. The normalized spacial score (nSPS) is 10.3. The van der Waals surface area contributed by atoms with Gasteiger partial charge < -0.3 is 10.4 Å². The molecule has 0 saturated carbocycles. The van der Waals surface area contributed by atoms with Gasteiger partial charge in [0.15, 0.2) is 0 Å². The standard InChI is InChI=1S/C19H17NO/c21-17-10-6-7-15(13-17)14-20-19-12-5-4-11-18(19)16-8-2-1-3-9-16/h1-13,20-21H,14H2. The van der Waals surface area contributed by atoms with Gasteiger partial charge in [-0.25, -0.2) is 0 Å².